The van der Waals surface area contributed by atoms with Gasteiger partial charge in [-0.1, -0.05) is 33.1 Å². The SMILES string of the molecule is CC(C)NCc1ccoc1COCCC1CCC1. The van der Waals surface area contributed by atoms with Gasteiger partial charge < -0.3 is 14.5 Å². The lowest BCUT2D eigenvalue weighted by Gasteiger charge is -2.24. The van der Waals surface area contributed by atoms with Crippen LogP contribution in [0.15, 0.2) is 16.7 Å². The predicted molar refractivity (Wildman–Crippen MR) is 72.3 cm³/mol. The van der Waals surface area contributed by atoms with Crippen LogP contribution in [0.3, 0.4) is 0 Å². The summed E-state index contributed by atoms with van der Waals surface area (Å²) in [5, 5.41) is 3.40. The van der Waals surface area contributed by atoms with Gasteiger partial charge in [-0.25, -0.2) is 0 Å². The van der Waals surface area contributed by atoms with Crippen LogP contribution in [0, 0.1) is 5.92 Å². The third-order valence-corrected chi connectivity index (χ3v) is 3.67. The van der Waals surface area contributed by atoms with E-state index in [1.54, 1.807) is 6.26 Å². The first-order valence-corrected chi connectivity index (χ1v) is 7.12. The molecule has 0 radical (unpaired) electrons. The Balaban J connectivity index is 1.66. The number of rotatable bonds is 8. The fourth-order valence-corrected chi connectivity index (χ4v) is 2.16. The minimum atomic E-state index is 0.493. The van der Waals surface area contributed by atoms with E-state index in [2.05, 4.69) is 19.2 Å². The molecule has 1 fully saturated rings. The molecule has 1 aromatic rings. The average Bonchev–Trinajstić information content (AvgIpc) is 2.71. The van der Waals surface area contributed by atoms with E-state index in [0.717, 1.165) is 24.8 Å². The first-order chi connectivity index (χ1) is 8.75. The Labute approximate surface area is 110 Å². The Kier molecular flexibility index (Phi) is 5.26. The second-order valence-corrected chi connectivity index (χ2v) is 5.54. The fourth-order valence-electron chi connectivity index (χ4n) is 2.16. The topological polar surface area (TPSA) is 34.4 Å². The summed E-state index contributed by atoms with van der Waals surface area (Å²) in [7, 11) is 0. The molecule has 1 N–H and O–H groups in total. The maximum atomic E-state index is 5.71. The van der Waals surface area contributed by atoms with Gasteiger partial charge in [0.15, 0.2) is 0 Å². The first-order valence-electron chi connectivity index (χ1n) is 7.12. The molecule has 0 unspecified atom stereocenters. The highest BCUT2D eigenvalue weighted by atomic mass is 16.5. The number of ether oxygens (including phenoxy) is 1. The van der Waals surface area contributed by atoms with Gasteiger partial charge in [0.05, 0.1) is 6.26 Å². The number of nitrogens with one attached hydrogen (secondary N) is 1. The molecule has 1 heterocycles. The van der Waals surface area contributed by atoms with Crippen molar-refractivity contribution in [2.24, 2.45) is 5.92 Å². The molecule has 0 saturated heterocycles. The Morgan fingerprint density at radius 2 is 2.28 bits per heavy atom. The Hall–Kier alpha value is -0.800. The Morgan fingerprint density at radius 1 is 1.44 bits per heavy atom. The molecule has 18 heavy (non-hydrogen) atoms. The quantitative estimate of drug-likeness (QED) is 0.718. The monoisotopic (exact) mass is 251 g/mol. The smallest absolute Gasteiger partial charge is 0.133 e. The fraction of sp³-hybridized carbons (Fsp3) is 0.733. The molecule has 0 aromatic carbocycles. The molecule has 0 atom stereocenters. The molecule has 2 rings (SSSR count). The Bertz CT molecular complexity index is 342. The van der Waals surface area contributed by atoms with Crippen LogP contribution in [0.4, 0.5) is 0 Å². The highest BCUT2D eigenvalue weighted by Crippen LogP contribution is 2.29. The van der Waals surface area contributed by atoms with E-state index in [-0.39, 0.29) is 0 Å². The lowest BCUT2D eigenvalue weighted by molar-refractivity contribution is 0.0829. The average molecular weight is 251 g/mol. The minimum absolute atomic E-state index is 0.493. The summed E-state index contributed by atoms with van der Waals surface area (Å²) < 4.78 is 11.2. The van der Waals surface area contributed by atoms with Gasteiger partial charge in [-0.2, -0.15) is 0 Å². The van der Waals surface area contributed by atoms with Gasteiger partial charge in [0, 0.05) is 24.8 Å². The van der Waals surface area contributed by atoms with Crippen molar-refractivity contribution in [3.8, 4) is 0 Å². The third-order valence-electron chi connectivity index (χ3n) is 3.67. The number of furan rings is 1. The molecule has 0 bridgehead atoms. The van der Waals surface area contributed by atoms with Gasteiger partial charge in [0.1, 0.15) is 12.4 Å². The zero-order valence-corrected chi connectivity index (χ0v) is 11.6. The van der Waals surface area contributed by atoms with Crippen molar-refractivity contribution in [1.29, 1.82) is 0 Å². The molecule has 1 aliphatic rings. The number of hydrogen-bond acceptors (Lipinski definition) is 3. The van der Waals surface area contributed by atoms with E-state index in [0.29, 0.717) is 12.6 Å². The van der Waals surface area contributed by atoms with E-state index >= 15 is 0 Å². The van der Waals surface area contributed by atoms with E-state index in [4.69, 9.17) is 9.15 Å². The summed E-state index contributed by atoms with van der Waals surface area (Å²) in [5.74, 6) is 1.89. The second-order valence-electron chi connectivity index (χ2n) is 5.54. The van der Waals surface area contributed by atoms with E-state index in [1.165, 1.54) is 31.2 Å². The molecular weight excluding hydrogens is 226 g/mol. The zero-order chi connectivity index (χ0) is 12.8. The maximum Gasteiger partial charge on any atom is 0.133 e. The van der Waals surface area contributed by atoms with Gasteiger partial charge >= 0.3 is 0 Å². The Morgan fingerprint density at radius 3 is 2.94 bits per heavy atom. The van der Waals surface area contributed by atoms with Gasteiger partial charge in [0.2, 0.25) is 0 Å². The van der Waals surface area contributed by atoms with Crippen molar-refractivity contribution in [3.63, 3.8) is 0 Å². The summed E-state index contributed by atoms with van der Waals surface area (Å²) in [6.07, 6.45) is 7.16. The van der Waals surface area contributed by atoms with Crippen LogP contribution in [0.5, 0.6) is 0 Å². The van der Waals surface area contributed by atoms with Gasteiger partial charge in [-0.05, 0) is 18.4 Å². The molecule has 1 aromatic heterocycles. The van der Waals surface area contributed by atoms with Gasteiger partial charge in [-0.3, -0.25) is 0 Å². The molecule has 0 spiro atoms. The normalized spacial score (nSPS) is 16.2. The number of hydrogen-bond donors (Lipinski definition) is 1. The molecule has 0 amide bonds. The highest BCUT2D eigenvalue weighted by Gasteiger charge is 2.16. The van der Waals surface area contributed by atoms with Crippen molar-refractivity contribution in [2.75, 3.05) is 6.61 Å². The summed E-state index contributed by atoms with van der Waals surface area (Å²) in [5.41, 5.74) is 1.22. The summed E-state index contributed by atoms with van der Waals surface area (Å²) >= 11 is 0. The molecule has 102 valence electrons. The van der Waals surface area contributed by atoms with Crippen LogP contribution < -0.4 is 5.32 Å². The minimum Gasteiger partial charge on any atom is -0.467 e. The van der Waals surface area contributed by atoms with E-state index in [9.17, 15) is 0 Å². The van der Waals surface area contributed by atoms with Gasteiger partial charge in [0.25, 0.3) is 0 Å². The van der Waals surface area contributed by atoms with Crippen LogP contribution in [-0.4, -0.2) is 12.6 Å². The molecular formula is C15H25NO2. The van der Waals surface area contributed by atoms with Crippen molar-refractivity contribution < 1.29 is 9.15 Å². The maximum absolute atomic E-state index is 5.71. The zero-order valence-electron chi connectivity index (χ0n) is 11.6. The van der Waals surface area contributed by atoms with Crippen molar-refractivity contribution >= 4 is 0 Å². The largest absolute Gasteiger partial charge is 0.467 e. The summed E-state index contributed by atoms with van der Waals surface area (Å²) in [6, 6.07) is 2.52. The molecule has 3 heteroatoms. The molecule has 3 nitrogen and oxygen atoms in total. The lowest BCUT2D eigenvalue weighted by atomic mass is 9.83. The van der Waals surface area contributed by atoms with E-state index < -0.39 is 0 Å². The van der Waals surface area contributed by atoms with Crippen LogP contribution in [0.1, 0.15) is 50.9 Å². The summed E-state index contributed by atoms with van der Waals surface area (Å²) in [4.78, 5) is 0. The second kappa shape index (κ2) is 6.95. The van der Waals surface area contributed by atoms with Crippen LogP contribution in [0.25, 0.3) is 0 Å². The van der Waals surface area contributed by atoms with Gasteiger partial charge in [-0.15, -0.1) is 0 Å². The van der Waals surface area contributed by atoms with E-state index in [1.807, 2.05) is 6.07 Å². The van der Waals surface area contributed by atoms with Crippen LogP contribution >= 0.6 is 0 Å². The first kappa shape index (κ1) is 13.6. The van der Waals surface area contributed by atoms with Crippen molar-refractivity contribution in [3.05, 3.63) is 23.7 Å². The standard InChI is InChI=1S/C15H25NO2/c1-12(2)16-10-14-7-9-18-15(14)11-17-8-6-13-4-3-5-13/h7,9,12-13,16H,3-6,8,10-11H2,1-2H3. The van der Waals surface area contributed by atoms with Crippen molar-refractivity contribution in [2.45, 2.75) is 58.7 Å². The highest BCUT2D eigenvalue weighted by molar-refractivity contribution is 5.16. The molecule has 1 aliphatic carbocycles. The summed E-state index contributed by atoms with van der Waals surface area (Å²) in [6.45, 7) is 6.62. The molecule has 0 aliphatic heterocycles. The predicted octanol–water partition coefficient (Wildman–Crippen LogP) is 3.48. The van der Waals surface area contributed by atoms with Crippen molar-refractivity contribution in [1.82, 2.24) is 5.32 Å². The molecule has 1 saturated carbocycles. The van der Waals surface area contributed by atoms with Crippen LogP contribution in [-0.2, 0) is 17.9 Å². The lowest BCUT2D eigenvalue weighted by Crippen LogP contribution is -2.22. The van der Waals surface area contributed by atoms with Crippen LogP contribution in [0.2, 0.25) is 0 Å². The third kappa shape index (κ3) is 4.14.